The van der Waals surface area contributed by atoms with Crippen molar-refractivity contribution in [1.82, 2.24) is 10.2 Å². The Morgan fingerprint density at radius 1 is 1.06 bits per heavy atom. The number of aryl methyl sites for hydroxylation is 2. The van der Waals surface area contributed by atoms with Crippen molar-refractivity contribution in [2.75, 3.05) is 6.61 Å². The third kappa shape index (κ3) is 7.28. The monoisotopic (exact) mass is 444 g/mol. The lowest BCUT2D eigenvalue weighted by atomic mass is 10.1. The summed E-state index contributed by atoms with van der Waals surface area (Å²) in [5.41, 5.74) is 2.92. The average Bonchev–Trinajstić information content (AvgIpc) is 2.75. The molecule has 2 rings (SSSR count). The minimum absolute atomic E-state index is 0.0419. The molecule has 2 aromatic rings. The van der Waals surface area contributed by atoms with E-state index in [1.54, 1.807) is 17.0 Å². The van der Waals surface area contributed by atoms with Crippen molar-refractivity contribution in [3.8, 4) is 5.75 Å². The van der Waals surface area contributed by atoms with Crippen LogP contribution in [0.5, 0.6) is 5.75 Å². The van der Waals surface area contributed by atoms with Crippen molar-refractivity contribution in [1.29, 1.82) is 0 Å². The second-order valence-corrected chi connectivity index (χ2v) is 8.38. The van der Waals surface area contributed by atoms with E-state index in [-0.39, 0.29) is 24.5 Å². The molecule has 5 nitrogen and oxygen atoms in total. The van der Waals surface area contributed by atoms with Crippen molar-refractivity contribution in [2.24, 2.45) is 0 Å². The fraction of sp³-hybridized carbons (Fsp3) is 0.440. The second kappa shape index (κ2) is 11.8. The molecule has 168 valence electrons. The molecule has 0 aliphatic carbocycles. The minimum atomic E-state index is -0.584. The normalized spacial score (nSPS) is 12.7. The van der Waals surface area contributed by atoms with Crippen LogP contribution in [0.25, 0.3) is 0 Å². The van der Waals surface area contributed by atoms with Crippen LogP contribution in [0.1, 0.15) is 50.3 Å². The first-order valence-electron chi connectivity index (χ1n) is 10.8. The summed E-state index contributed by atoms with van der Waals surface area (Å²) in [5, 5.41) is 3.63. The van der Waals surface area contributed by atoms with Crippen LogP contribution in [-0.4, -0.2) is 35.4 Å². The largest absolute Gasteiger partial charge is 0.483 e. The predicted octanol–water partition coefficient (Wildman–Crippen LogP) is 5.06. The number of rotatable bonds is 10. The molecule has 0 aliphatic rings. The smallest absolute Gasteiger partial charge is 0.261 e. The summed E-state index contributed by atoms with van der Waals surface area (Å²) in [7, 11) is 0. The van der Waals surface area contributed by atoms with Gasteiger partial charge in [0, 0.05) is 17.6 Å². The molecule has 2 aromatic carbocycles. The van der Waals surface area contributed by atoms with Gasteiger partial charge < -0.3 is 15.0 Å². The van der Waals surface area contributed by atoms with Crippen LogP contribution in [0.3, 0.4) is 0 Å². The van der Waals surface area contributed by atoms with E-state index in [9.17, 15) is 9.59 Å². The van der Waals surface area contributed by atoms with Gasteiger partial charge in [0.2, 0.25) is 5.91 Å². The molecule has 6 heteroatoms. The van der Waals surface area contributed by atoms with E-state index in [4.69, 9.17) is 16.3 Å². The summed E-state index contributed by atoms with van der Waals surface area (Å²) < 4.78 is 5.85. The third-order valence-electron chi connectivity index (χ3n) is 5.35. The Bertz CT molecular complexity index is 883. The number of hydrogen-bond acceptors (Lipinski definition) is 3. The van der Waals surface area contributed by atoms with Crippen LogP contribution >= 0.6 is 11.6 Å². The molecule has 2 atom stereocenters. The highest BCUT2D eigenvalue weighted by atomic mass is 35.5. The van der Waals surface area contributed by atoms with Crippen molar-refractivity contribution in [3.05, 3.63) is 64.2 Å². The van der Waals surface area contributed by atoms with Crippen molar-refractivity contribution in [3.63, 3.8) is 0 Å². The molecule has 0 saturated heterocycles. The summed E-state index contributed by atoms with van der Waals surface area (Å²) in [5.74, 6) is 0.296. The topological polar surface area (TPSA) is 58.6 Å². The minimum Gasteiger partial charge on any atom is -0.483 e. The van der Waals surface area contributed by atoms with E-state index in [0.29, 0.717) is 23.7 Å². The van der Waals surface area contributed by atoms with Gasteiger partial charge >= 0.3 is 0 Å². The van der Waals surface area contributed by atoms with Gasteiger partial charge in [-0.1, -0.05) is 49.7 Å². The highest BCUT2D eigenvalue weighted by Gasteiger charge is 2.29. The summed E-state index contributed by atoms with van der Waals surface area (Å²) >= 11 is 6.00. The number of benzene rings is 2. The van der Waals surface area contributed by atoms with E-state index < -0.39 is 6.04 Å². The van der Waals surface area contributed by atoms with Crippen LogP contribution in [0, 0.1) is 13.8 Å². The first-order chi connectivity index (χ1) is 14.7. The first kappa shape index (κ1) is 24.7. The number of hydrogen-bond donors (Lipinski definition) is 1. The van der Waals surface area contributed by atoms with Gasteiger partial charge in [-0.05, 0) is 68.5 Å². The SMILES string of the molecule is CCC(C)NC(=O)C(CC)N(Cc1ccc(Cl)cc1)C(=O)COc1cc(C)ccc1C. The van der Waals surface area contributed by atoms with Crippen molar-refractivity contribution in [2.45, 2.75) is 66.1 Å². The standard InChI is InChI=1S/C25H33ClN2O3/c1-6-19(5)27-25(30)22(7-2)28(15-20-10-12-21(26)13-11-20)24(29)16-31-23-14-17(3)8-9-18(23)4/h8-14,19,22H,6-7,15-16H2,1-5H3,(H,27,30). The molecule has 2 unspecified atom stereocenters. The Morgan fingerprint density at radius 3 is 2.35 bits per heavy atom. The molecule has 31 heavy (non-hydrogen) atoms. The molecule has 0 saturated carbocycles. The maximum absolute atomic E-state index is 13.2. The zero-order valence-electron chi connectivity index (χ0n) is 19.1. The maximum Gasteiger partial charge on any atom is 0.261 e. The Morgan fingerprint density at radius 2 is 1.74 bits per heavy atom. The molecule has 0 radical (unpaired) electrons. The van der Waals surface area contributed by atoms with Gasteiger partial charge in [0.1, 0.15) is 11.8 Å². The maximum atomic E-state index is 13.2. The zero-order valence-corrected chi connectivity index (χ0v) is 19.8. The Balaban J connectivity index is 2.23. The van der Waals surface area contributed by atoms with E-state index in [0.717, 1.165) is 23.1 Å². The number of ether oxygens (including phenoxy) is 1. The number of carbonyl (C=O) groups is 2. The highest BCUT2D eigenvalue weighted by molar-refractivity contribution is 6.30. The number of amides is 2. The fourth-order valence-corrected chi connectivity index (χ4v) is 3.36. The summed E-state index contributed by atoms with van der Waals surface area (Å²) in [4.78, 5) is 27.8. The number of halogens is 1. The van der Waals surface area contributed by atoms with Gasteiger partial charge in [-0.15, -0.1) is 0 Å². The predicted molar refractivity (Wildman–Crippen MR) is 125 cm³/mol. The lowest BCUT2D eigenvalue weighted by Crippen LogP contribution is -2.51. The van der Waals surface area contributed by atoms with Gasteiger partial charge in [-0.3, -0.25) is 9.59 Å². The quantitative estimate of drug-likeness (QED) is 0.557. The Kier molecular flexibility index (Phi) is 9.38. The fourth-order valence-electron chi connectivity index (χ4n) is 3.23. The van der Waals surface area contributed by atoms with Crippen LogP contribution in [0.4, 0.5) is 0 Å². The summed E-state index contributed by atoms with van der Waals surface area (Å²) in [6, 6.07) is 12.6. The van der Waals surface area contributed by atoms with Crippen LogP contribution in [0.2, 0.25) is 5.02 Å². The van der Waals surface area contributed by atoms with E-state index in [2.05, 4.69) is 5.32 Å². The molecule has 0 heterocycles. The molecule has 0 bridgehead atoms. The van der Waals surface area contributed by atoms with Crippen molar-refractivity contribution >= 4 is 23.4 Å². The van der Waals surface area contributed by atoms with Gasteiger partial charge in [-0.25, -0.2) is 0 Å². The molecule has 0 aliphatic heterocycles. The molecule has 1 N–H and O–H groups in total. The van der Waals surface area contributed by atoms with Gasteiger partial charge in [0.15, 0.2) is 6.61 Å². The van der Waals surface area contributed by atoms with Gasteiger partial charge in [0.25, 0.3) is 5.91 Å². The lowest BCUT2D eigenvalue weighted by Gasteiger charge is -2.31. The van der Waals surface area contributed by atoms with Crippen LogP contribution in [0.15, 0.2) is 42.5 Å². The van der Waals surface area contributed by atoms with Crippen LogP contribution < -0.4 is 10.1 Å². The van der Waals surface area contributed by atoms with Gasteiger partial charge in [0.05, 0.1) is 0 Å². The molecule has 0 spiro atoms. The van der Waals surface area contributed by atoms with Gasteiger partial charge in [-0.2, -0.15) is 0 Å². The number of carbonyl (C=O) groups excluding carboxylic acids is 2. The third-order valence-corrected chi connectivity index (χ3v) is 5.60. The lowest BCUT2D eigenvalue weighted by molar-refractivity contribution is -0.143. The second-order valence-electron chi connectivity index (χ2n) is 7.95. The van der Waals surface area contributed by atoms with E-state index >= 15 is 0 Å². The molecular formula is C25H33ClN2O3. The number of nitrogens with zero attached hydrogens (tertiary/aromatic N) is 1. The zero-order chi connectivity index (χ0) is 23.0. The molecular weight excluding hydrogens is 412 g/mol. The highest BCUT2D eigenvalue weighted by Crippen LogP contribution is 2.20. The van der Waals surface area contributed by atoms with E-state index in [1.807, 2.05) is 65.0 Å². The van der Waals surface area contributed by atoms with E-state index in [1.165, 1.54) is 0 Å². The van der Waals surface area contributed by atoms with Crippen molar-refractivity contribution < 1.29 is 14.3 Å². The average molecular weight is 445 g/mol. The molecule has 0 aromatic heterocycles. The Hall–Kier alpha value is -2.53. The number of nitrogens with one attached hydrogen (secondary N) is 1. The molecule has 0 fully saturated rings. The first-order valence-corrected chi connectivity index (χ1v) is 11.2. The molecule has 2 amide bonds. The summed E-state index contributed by atoms with van der Waals surface area (Å²) in [6.07, 6.45) is 1.33. The summed E-state index contributed by atoms with van der Waals surface area (Å²) in [6.45, 7) is 9.98. The Labute approximate surface area is 190 Å². The van der Waals surface area contributed by atoms with Crippen LogP contribution in [-0.2, 0) is 16.1 Å².